The molecule has 90 valence electrons. The number of carbonyl (C=O) groups excluding carboxylic acids is 1. The normalized spacial score (nSPS) is 9.88. The van der Waals surface area contributed by atoms with Gasteiger partial charge in [-0.05, 0) is 5.56 Å². The van der Waals surface area contributed by atoms with Gasteiger partial charge in [0.1, 0.15) is 0 Å². The number of aromatic hydroxyl groups is 1. The Morgan fingerprint density at radius 2 is 1.65 bits per heavy atom. The molecule has 0 aromatic heterocycles. The number of nitrogens with two attached hydrogens (primary N) is 1. The third-order valence-electron chi connectivity index (χ3n) is 1.90. The Morgan fingerprint density at radius 1 is 1.24 bits per heavy atom. The van der Waals surface area contributed by atoms with Crippen molar-refractivity contribution < 1.29 is 19.7 Å². The number of hydrogen-bond acceptors (Lipinski definition) is 6. The van der Waals surface area contributed by atoms with Crippen LogP contribution in [-0.2, 0) is 11.2 Å². The SMILES string of the molecule is NC(=O)Cc1cc([N+](=O)[O-])c(O)c([N+](=O)[O-])c1. The molecule has 0 unspecified atom stereocenters. The summed E-state index contributed by atoms with van der Waals surface area (Å²) in [5.41, 5.74) is 3.19. The van der Waals surface area contributed by atoms with Crippen LogP contribution in [0.3, 0.4) is 0 Å². The van der Waals surface area contributed by atoms with Crippen LogP contribution in [0.5, 0.6) is 5.75 Å². The van der Waals surface area contributed by atoms with E-state index in [1.54, 1.807) is 0 Å². The van der Waals surface area contributed by atoms with Gasteiger partial charge in [0.25, 0.3) is 5.75 Å². The van der Waals surface area contributed by atoms with Crippen LogP contribution in [0, 0.1) is 20.2 Å². The van der Waals surface area contributed by atoms with Crippen LogP contribution in [-0.4, -0.2) is 20.9 Å². The van der Waals surface area contributed by atoms with Crippen LogP contribution >= 0.6 is 0 Å². The molecule has 0 saturated heterocycles. The van der Waals surface area contributed by atoms with Gasteiger partial charge in [0.15, 0.2) is 0 Å². The quantitative estimate of drug-likeness (QED) is 0.569. The van der Waals surface area contributed by atoms with E-state index in [1.807, 2.05) is 0 Å². The zero-order chi connectivity index (χ0) is 13.2. The highest BCUT2D eigenvalue weighted by Gasteiger charge is 2.26. The van der Waals surface area contributed by atoms with Gasteiger partial charge >= 0.3 is 11.4 Å². The first-order valence-corrected chi connectivity index (χ1v) is 4.26. The maximum atomic E-state index is 10.6. The number of nitrogens with zero attached hydrogens (tertiary/aromatic N) is 2. The third kappa shape index (κ3) is 2.65. The lowest BCUT2D eigenvalue weighted by molar-refractivity contribution is -0.396. The first-order valence-electron chi connectivity index (χ1n) is 4.26. The van der Waals surface area contributed by atoms with E-state index in [-0.39, 0.29) is 12.0 Å². The molecular weight excluding hydrogens is 234 g/mol. The Kier molecular flexibility index (Phi) is 3.22. The average Bonchev–Trinajstić information content (AvgIpc) is 2.18. The van der Waals surface area contributed by atoms with E-state index in [0.29, 0.717) is 0 Å². The van der Waals surface area contributed by atoms with Gasteiger partial charge in [-0.2, -0.15) is 0 Å². The van der Waals surface area contributed by atoms with Crippen LogP contribution in [0.2, 0.25) is 0 Å². The summed E-state index contributed by atoms with van der Waals surface area (Å²) in [6.45, 7) is 0. The molecule has 0 aliphatic carbocycles. The van der Waals surface area contributed by atoms with Crippen molar-refractivity contribution in [3.05, 3.63) is 37.9 Å². The van der Waals surface area contributed by atoms with Gasteiger partial charge in [0.2, 0.25) is 5.91 Å². The van der Waals surface area contributed by atoms with E-state index < -0.39 is 32.9 Å². The number of rotatable bonds is 4. The van der Waals surface area contributed by atoms with Crippen molar-refractivity contribution in [2.75, 3.05) is 0 Å². The van der Waals surface area contributed by atoms with Crippen molar-refractivity contribution in [1.29, 1.82) is 0 Å². The molecule has 0 saturated carbocycles. The van der Waals surface area contributed by atoms with Crippen molar-refractivity contribution in [3.8, 4) is 5.75 Å². The van der Waals surface area contributed by atoms with Crippen LogP contribution in [0.25, 0.3) is 0 Å². The minimum absolute atomic E-state index is 0.00583. The highest BCUT2D eigenvalue weighted by molar-refractivity contribution is 5.77. The standard InChI is InChI=1S/C8H7N3O6/c9-7(12)3-4-1-5(10(14)15)8(13)6(2-4)11(16)17/h1-2,13H,3H2,(H2,9,12). The number of phenols is 1. The smallest absolute Gasteiger partial charge is 0.318 e. The molecule has 17 heavy (non-hydrogen) atoms. The van der Waals surface area contributed by atoms with E-state index in [2.05, 4.69) is 0 Å². The monoisotopic (exact) mass is 241 g/mol. The summed E-state index contributed by atoms with van der Waals surface area (Å²) in [4.78, 5) is 29.8. The fourth-order valence-corrected chi connectivity index (χ4v) is 1.24. The molecule has 0 fully saturated rings. The Morgan fingerprint density at radius 3 is 1.94 bits per heavy atom. The predicted octanol–water partition coefficient (Wildman–Crippen LogP) is 0.236. The number of primary amides is 1. The molecule has 0 aliphatic rings. The molecule has 1 rings (SSSR count). The average molecular weight is 241 g/mol. The van der Waals surface area contributed by atoms with Crippen molar-refractivity contribution in [1.82, 2.24) is 0 Å². The summed E-state index contributed by atoms with van der Waals surface area (Å²) in [6.07, 6.45) is -0.387. The topological polar surface area (TPSA) is 150 Å². The molecule has 0 atom stereocenters. The molecule has 0 aliphatic heterocycles. The van der Waals surface area contributed by atoms with E-state index in [1.165, 1.54) is 0 Å². The van der Waals surface area contributed by atoms with E-state index in [0.717, 1.165) is 12.1 Å². The van der Waals surface area contributed by atoms with E-state index in [9.17, 15) is 30.1 Å². The van der Waals surface area contributed by atoms with Crippen LogP contribution in [0.1, 0.15) is 5.56 Å². The Labute approximate surface area is 93.8 Å². The highest BCUT2D eigenvalue weighted by Crippen LogP contribution is 2.36. The maximum absolute atomic E-state index is 10.6. The molecule has 0 bridgehead atoms. The van der Waals surface area contributed by atoms with Crippen LogP contribution in [0.4, 0.5) is 11.4 Å². The molecule has 1 aromatic carbocycles. The zero-order valence-electron chi connectivity index (χ0n) is 8.32. The summed E-state index contributed by atoms with van der Waals surface area (Å²) >= 11 is 0. The number of phenolic OH excluding ortho intramolecular Hbond substituents is 1. The molecule has 0 spiro atoms. The summed E-state index contributed by atoms with van der Waals surface area (Å²) < 4.78 is 0. The van der Waals surface area contributed by atoms with Gasteiger partial charge in [-0.15, -0.1) is 0 Å². The largest absolute Gasteiger partial charge is 0.497 e. The minimum atomic E-state index is -1.05. The molecule has 0 radical (unpaired) electrons. The maximum Gasteiger partial charge on any atom is 0.318 e. The summed E-state index contributed by atoms with van der Waals surface area (Å²) in [6, 6.07) is 1.74. The number of nitro benzene ring substituents is 2. The van der Waals surface area contributed by atoms with Crippen LogP contribution < -0.4 is 5.73 Å². The molecular formula is C8H7N3O6. The van der Waals surface area contributed by atoms with Crippen molar-refractivity contribution in [2.45, 2.75) is 6.42 Å². The second-order valence-corrected chi connectivity index (χ2v) is 3.14. The second-order valence-electron chi connectivity index (χ2n) is 3.14. The van der Waals surface area contributed by atoms with Crippen LogP contribution in [0.15, 0.2) is 12.1 Å². The van der Waals surface area contributed by atoms with Gasteiger partial charge in [-0.3, -0.25) is 25.0 Å². The van der Waals surface area contributed by atoms with Crippen molar-refractivity contribution in [3.63, 3.8) is 0 Å². The molecule has 9 nitrogen and oxygen atoms in total. The number of benzene rings is 1. The molecule has 9 heteroatoms. The fourth-order valence-electron chi connectivity index (χ4n) is 1.24. The summed E-state index contributed by atoms with van der Waals surface area (Å²) in [5.74, 6) is -1.84. The molecule has 1 amide bonds. The van der Waals surface area contributed by atoms with Gasteiger partial charge < -0.3 is 10.8 Å². The van der Waals surface area contributed by atoms with Gasteiger partial charge in [0.05, 0.1) is 16.3 Å². The van der Waals surface area contributed by atoms with Crippen molar-refractivity contribution in [2.24, 2.45) is 5.73 Å². The molecule has 1 aromatic rings. The second kappa shape index (κ2) is 4.43. The third-order valence-corrected chi connectivity index (χ3v) is 1.90. The van der Waals surface area contributed by atoms with E-state index in [4.69, 9.17) is 5.73 Å². The van der Waals surface area contributed by atoms with Gasteiger partial charge in [-0.25, -0.2) is 0 Å². The fraction of sp³-hybridized carbons (Fsp3) is 0.125. The van der Waals surface area contributed by atoms with Gasteiger partial charge in [0, 0.05) is 12.1 Å². The first-order chi connectivity index (χ1) is 7.82. The number of hydrogen-bond donors (Lipinski definition) is 2. The van der Waals surface area contributed by atoms with Crippen molar-refractivity contribution >= 4 is 17.3 Å². The summed E-state index contributed by atoms with van der Waals surface area (Å²) in [7, 11) is 0. The first kappa shape index (κ1) is 12.4. The van der Waals surface area contributed by atoms with Gasteiger partial charge in [-0.1, -0.05) is 0 Å². The Bertz CT molecular complexity index is 477. The number of nitro groups is 2. The Balaban J connectivity index is 3.41. The number of carbonyl (C=O) groups is 1. The van der Waals surface area contributed by atoms with E-state index >= 15 is 0 Å². The zero-order valence-corrected chi connectivity index (χ0v) is 8.32. The predicted molar refractivity (Wildman–Crippen MR) is 54.3 cm³/mol. The lowest BCUT2D eigenvalue weighted by atomic mass is 10.1. The molecule has 3 N–H and O–H groups in total. The number of amides is 1. The molecule has 0 heterocycles. The Hall–Kier alpha value is -2.71. The summed E-state index contributed by atoms with van der Waals surface area (Å²) in [5, 5.41) is 30.4. The lowest BCUT2D eigenvalue weighted by Gasteiger charge is -2.01. The lowest BCUT2D eigenvalue weighted by Crippen LogP contribution is -2.14. The highest BCUT2D eigenvalue weighted by atomic mass is 16.6. The minimum Gasteiger partial charge on any atom is -0.497 e.